The fourth-order valence-corrected chi connectivity index (χ4v) is 3.35. The molecule has 6 nitrogen and oxygen atoms in total. The first kappa shape index (κ1) is 13.2. The molecule has 2 aliphatic heterocycles. The molecule has 0 radical (unpaired) electrons. The Hall–Kier alpha value is -1.82. The summed E-state index contributed by atoms with van der Waals surface area (Å²) in [7, 11) is 2.20. The largest absolute Gasteiger partial charge is 0.396 e. The number of fused-ring (bicyclic) bond motifs is 2. The highest BCUT2D eigenvalue weighted by Crippen LogP contribution is 2.31. The first-order chi connectivity index (χ1) is 9.56. The van der Waals surface area contributed by atoms with Crippen molar-refractivity contribution in [1.82, 2.24) is 9.88 Å². The summed E-state index contributed by atoms with van der Waals surface area (Å²) < 4.78 is 0. The average Bonchev–Trinajstić information content (AvgIpc) is 2.64. The Kier molecular flexibility index (Phi) is 3.25. The number of primary amides is 1. The number of nitrogen functional groups attached to an aromatic ring is 1. The molecule has 2 atom stereocenters. The summed E-state index contributed by atoms with van der Waals surface area (Å²) in [5, 5.41) is 0. The van der Waals surface area contributed by atoms with Gasteiger partial charge in [0.15, 0.2) is 5.82 Å². The molecule has 20 heavy (non-hydrogen) atoms. The predicted molar refractivity (Wildman–Crippen MR) is 78.6 cm³/mol. The molecule has 0 spiro atoms. The van der Waals surface area contributed by atoms with Gasteiger partial charge in [-0.3, -0.25) is 9.69 Å². The van der Waals surface area contributed by atoms with Gasteiger partial charge in [-0.05, 0) is 38.4 Å². The van der Waals surface area contributed by atoms with Crippen molar-refractivity contribution in [1.29, 1.82) is 0 Å². The van der Waals surface area contributed by atoms with Crippen molar-refractivity contribution in [3.63, 3.8) is 0 Å². The Morgan fingerprint density at radius 3 is 2.80 bits per heavy atom. The number of likely N-dealkylation sites (N-methyl/N-ethyl adjacent to an activating group) is 1. The standard InChI is InChI=1S/C14H21N5O/c1-18-9-2-3-10(18)8-19(7-6-9)14-11(15)4-5-12(17-14)13(16)20/h4-5,9-10H,2-3,6-8,15H2,1H3,(H2,16,20). The van der Waals surface area contributed by atoms with Crippen LogP contribution in [0.4, 0.5) is 11.5 Å². The molecule has 1 amide bonds. The van der Waals surface area contributed by atoms with Crippen molar-refractivity contribution in [3.8, 4) is 0 Å². The lowest BCUT2D eigenvalue weighted by molar-refractivity contribution is 0.0995. The molecule has 1 aromatic heterocycles. The maximum absolute atomic E-state index is 11.3. The van der Waals surface area contributed by atoms with Gasteiger partial charge in [0.2, 0.25) is 0 Å². The number of rotatable bonds is 2. The van der Waals surface area contributed by atoms with Crippen LogP contribution in [0.15, 0.2) is 12.1 Å². The van der Waals surface area contributed by atoms with Crippen LogP contribution < -0.4 is 16.4 Å². The smallest absolute Gasteiger partial charge is 0.267 e. The minimum Gasteiger partial charge on any atom is -0.396 e. The van der Waals surface area contributed by atoms with Crippen LogP contribution >= 0.6 is 0 Å². The molecule has 6 heteroatoms. The lowest BCUT2D eigenvalue weighted by Gasteiger charge is -2.27. The van der Waals surface area contributed by atoms with Crippen LogP contribution in [0.2, 0.25) is 0 Å². The van der Waals surface area contributed by atoms with Crippen molar-refractivity contribution < 1.29 is 4.79 Å². The molecule has 0 aliphatic carbocycles. The number of carbonyl (C=O) groups excluding carboxylic acids is 1. The fourth-order valence-electron chi connectivity index (χ4n) is 3.35. The van der Waals surface area contributed by atoms with Gasteiger partial charge in [0.25, 0.3) is 5.91 Å². The van der Waals surface area contributed by atoms with E-state index < -0.39 is 5.91 Å². The van der Waals surface area contributed by atoms with Crippen LogP contribution in [-0.2, 0) is 0 Å². The molecule has 2 fully saturated rings. The van der Waals surface area contributed by atoms with E-state index in [1.807, 2.05) is 0 Å². The van der Waals surface area contributed by atoms with E-state index in [4.69, 9.17) is 11.5 Å². The molecule has 3 rings (SSSR count). The normalized spacial score (nSPS) is 26.6. The van der Waals surface area contributed by atoms with Gasteiger partial charge >= 0.3 is 0 Å². The predicted octanol–water partition coefficient (Wildman–Crippen LogP) is 0.436. The van der Waals surface area contributed by atoms with Crippen LogP contribution in [0.25, 0.3) is 0 Å². The van der Waals surface area contributed by atoms with Gasteiger partial charge < -0.3 is 16.4 Å². The van der Waals surface area contributed by atoms with Gasteiger partial charge in [-0.1, -0.05) is 0 Å². The third-order valence-electron chi connectivity index (χ3n) is 4.61. The second kappa shape index (κ2) is 4.94. The Labute approximate surface area is 118 Å². The summed E-state index contributed by atoms with van der Waals surface area (Å²) >= 11 is 0. The number of carbonyl (C=O) groups is 1. The minimum atomic E-state index is -0.514. The number of nitrogens with zero attached hydrogens (tertiary/aromatic N) is 3. The Balaban J connectivity index is 1.89. The molecule has 2 aliphatic rings. The highest BCUT2D eigenvalue weighted by atomic mass is 16.1. The molecule has 2 saturated heterocycles. The Morgan fingerprint density at radius 2 is 2.05 bits per heavy atom. The van der Waals surface area contributed by atoms with E-state index in [9.17, 15) is 4.79 Å². The number of aromatic nitrogens is 1. The van der Waals surface area contributed by atoms with E-state index in [2.05, 4.69) is 21.8 Å². The second-order valence-corrected chi connectivity index (χ2v) is 5.76. The monoisotopic (exact) mass is 275 g/mol. The Bertz CT molecular complexity index is 532. The number of hydrogen-bond acceptors (Lipinski definition) is 5. The van der Waals surface area contributed by atoms with Crippen LogP contribution in [0.1, 0.15) is 29.8 Å². The molecule has 0 saturated carbocycles. The number of anilines is 2. The lowest BCUT2D eigenvalue weighted by atomic mass is 10.1. The molecular weight excluding hydrogens is 254 g/mol. The molecular formula is C14H21N5O. The number of pyridine rings is 1. The molecule has 2 bridgehead atoms. The van der Waals surface area contributed by atoms with Crippen molar-refractivity contribution >= 4 is 17.4 Å². The second-order valence-electron chi connectivity index (χ2n) is 5.76. The zero-order valence-electron chi connectivity index (χ0n) is 11.7. The van der Waals surface area contributed by atoms with E-state index in [1.165, 1.54) is 12.8 Å². The maximum atomic E-state index is 11.3. The molecule has 108 valence electrons. The molecule has 0 aromatic carbocycles. The first-order valence-corrected chi connectivity index (χ1v) is 7.09. The van der Waals surface area contributed by atoms with Gasteiger partial charge in [0.05, 0.1) is 5.69 Å². The first-order valence-electron chi connectivity index (χ1n) is 7.09. The summed E-state index contributed by atoms with van der Waals surface area (Å²) in [5.74, 6) is 0.182. The molecule has 4 N–H and O–H groups in total. The summed E-state index contributed by atoms with van der Waals surface area (Å²) in [5.41, 5.74) is 12.2. The van der Waals surface area contributed by atoms with Gasteiger partial charge in [-0.2, -0.15) is 0 Å². The van der Waals surface area contributed by atoms with Crippen molar-refractivity contribution in [3.05, 3.63) is 17.8 Å². The summed E-state index contributed by atoms with van der Waals surface area (Å²) in [6.07, 6.45) is 3.60. The quantitative estimate of drug-likeness (QED) is 0.817. The number of nitrogens with two attached hydrogens (primary N) is 2. The van der Waals surface area contributed by atoms with E-state index in [0.29, 0.717) is 23.6 Å². The lowest BCUT2D eigenvalue weighted by Crippen LogP contribution is -2.37. The van der Waals surface area contributed by atoms with Gasteiger partial charge in [-0.15, -0.1) is 0 Å². The highest BCUT2D eigenvalue weighted by Gasteiger charge is 2.35. The zero-order chi connectivity index (χ0) is 14.3. The van der Waals surface area contributed by atoms with Crippen molar-refractivity contribution in [2.45, 2.75) is 31.3 Å². The van der Waals surface area contributed by atoms with E-state index >= 15 is 0 Å². The van der Waals surface area contributed by atoms with E-state index in [-0.39, 0.29) is 5.69 Å². The van der Waals surface area contributed by atoms with Gasteiger partial charge in [0, 0.05) is 25.2 Å². The molecule has 3 heterocycles. The van der Waals surface area contributed by atoms with Gasteiger partial charge in [-0.25, -0.2) is 4.98 Å². The SMILES string of the molecule is CN1C2CCC1CN(c1nc(C(N)=O)ccc1N)CC2. The molecule has 1 aromatic rings. The zero-order valence-corrected chi connectivity index (χ0v) is 11.7. The minimum absolute atomic E-state index is 0.275. The third kappa shape index (κ3) is 2.20. The summed E-state index contributed by atoms with van der Waals surface area (Å²) in [6.45, 7) is 1.83. The fraction of sp³-hybridized carbons (Fsp3) is 0.571. The van der Waals surface area contributed by atoms with E-state index in [1.54, 1.807) is 12.1 Å². The number of hydrogen-bond donors (Lipinski definition) is 2. The highest BCUT2D eigenvalue weighted by molar-refractivity contribution is 5.91. The van der Waals surface area contributed by atoms with Crippen LogP contribution in [0.3, 0.4) is 0 Å². The maximum Gasteiger partial charge on any atom is 0.267 e. The van der Waals surface area contributed by atoms with Crippen LogP contribution in [-0.4, -0.2) is 48.0 Å². The van der Waals surface area contributed by atoms with Gasteiger partial charge in [0.1, 0.15) is 5.69 Å². The van der Waals surface area contributed by atoms with Crippen molar-refractivity contribution in [2.75, 3.05) is 30.8 Å². The third-order valence-corrected chi connectivity index (χ3v) is 4.61. The molecule has 2 unspecified atom stereocenters. The topological polar surface area (TPSA) is 88.5 Å². The van der Waals surface area contributed by atoms with E-state index in [0.717, 1.165) is 19.5 Å². The summed E-state index contributed by atoms with van der Waals surface area (Å²) in [6, 6.07) is 4.50. The average molecular weight is 275 g/mol. The summed E-state index contributed by atoms with van der Waals surface area (Å²) in [4.78, 5) is 20.3. The van der Waals surface area contributed by atoms with Crippen molar-refractivity contribution in [2.24, 2.45) is 5.73 Å². The van der Waals surface area contributed by atoms with Crippen LogP contribution in [0.5, 0.6) is 0 Å². The number of amides is 1. The Morgan fingerprint density at radius 1 is 1.30 bits per heavy atom. The van der Waals surface area contributed by atoms with Crippen LogP contribution in [0, 0.1) is 0 Å².